The van der Waals surface area contributed by atoms with E-state index in [0.717, 1.165) is 11.4 Å². The number of anilines is 5. The normalized spacial score (nSPS) is 10.7. The molecule has 0 bridgehead atoms. The van der Waals surface area contributed by atoms with E-state index in [0.29, 0.717) is 17.6 Å². The fourth-order valence-electron chi connectivity index (χ4n) is 2.53. The molecule has 1 aromatic heterocycles. The zero-order chi connectivity index (χ0) is 17.3. The molecule has 0 saturated carbocycles. The van der Waals surface area contributed by atoms with Crippen LogP contribution in [0.2, 0.25) is 0 Å². The molecule has 0 aliphatic carbocycles. The molecule has 124 valence electrons. The van der Waals surface area contributed by atoms with Gasteiger partial charge in [0.15, 0.2) is 0 Å². The van der Waals surface area contributed by atoms with E-state index in [1.165, 1.54) is 12.1 Å². The van der Waals surface area contributed by atoms with Crippen LogP contribution in [0.1, 0.15) is 0 Å². The average molecular weight is 326 g/mol. The van der Waals surface area contributed by atoms with Crippen molar-refractivity contribution in [1.82, 2.24) is 14.8 Å². The summed E-state index contributed by atoms with van der Waals surface area (Å²) in [5, 5.41) is 8.52. The van der Waals surface area contributed by atoms with E-state index in [2.05, 4.69) is 10.2 Å². The van der Waals surface area contributed by atoms with Crippen molar-refractivity contribution >= 4 is 29.0 Å². The van der Waals surface area contributed by atoms with E-state index in [-0.39, 0.29) is 5.82 Å². The molecular weight excluding hydrogens is 307 g/mol. The highest BCUT2D eigenvalue weighted by atomic mass is 19.1. The quantitative estimate of drug-likeness (QED) is 0.747. The van der Waals surface area contributed by atoms with Gasteiger partial charge in [0.1, 0.15) is 5.82 Å². The van der Waals surface area contributed by atoms with Crippen molar-refractivity contribution in [2.75, 3.05) is 29.6 Å². The van der Waals surface area contributed by atoms with Crippen LogP contribution in [-0.4, -0.2) is 28.9 Å². The molecule has 0 aliphatic rings. The minimum absolute atomic E-state index is 0.271. The molecule has 2 N–H and O–H groups in total. The molecule has 0 atom stereocenters. The summed E-state index contributed by atoms with van der Waals surface area (Å²) in [5.74, 6) is 1.05. The Labute approximate surface area is 139 Å². The zero-order valence-corrected chi connectivity index (χ0v) is 13.8. The number of nitrogens with zero attached hydrogens (tertiary/aromatic N) is 5. The van der Waals surface area contributed by atoms with Gasteiger partial charge in [0, 0.05) is 38.2 Å². The molecule has 7 heteroatoms. The number of hydrogen-bond acceptors (Lipinski definition) is 5. The predicted molar refractivity (Wildman–Crippen MR) is 94.4 cm³/mol. The Bertz CT molecular complexity index is 843. The molecule has 6 nitrogen and oxygen atoms in total. The zero-order valence-electron chi connectivity index (χ0n) is 13.8. The van der Waals surface area contributed by atoms with Crippen LogP contribution in [0.3, 0.4) is 0 Å². The second-order valence-electron chi connectivity index (χ2n) is 5.55. The number of nitrogen functional groups attached to an aromatic ring is 1. The second-order valence-corrected chi connectivity index (χ2v) is 5.55. The molecule has 2 aromatic carbocycles. The fourth-order valence-corrected chi connectivity index (χ4v) is 2.53. The molecular formula is C17H19FN6. The summed E-state index contributed by atoms with van der Waals surface area (Å²) in [6.07, 6.45) is 0. The van der Waals surface area contributed by atoms with E-state index in [4.69, 9.17) is 5.73 Å². The van der Waals surface area contributed by atoms with Crippen LogP contribution in [0, 0.1) is 5.82 Å². The lowest BCUT2D eigenvalue weighted by atomic mass is 10.2. The molecule has 0 amide bonds. The Morgan fingerprint density at radius 2 is 1.50 bits per heavy atom. The SMILES string of the molecule is CN(c1ccc(F)cc1)c1nnc(N(C)c2cccc(N)c2)n1C. The third kappa shape index (κ3) is 2.88. The van der Waals surface area contributed by atoms with Gasteiger partial charge in [-0.3, -0.25) is 4.57 Å². The fraction of sp³-hybridized carbons (Fsp3) is 0.176. The highest BCUT2D eigenvalue weighted by Crippen LogP contribution is 2.28. The summed E-state index contributed by atoms with van der Waals surface area (Å²) < 4.78 is 15.0. The highest BCUT2D eigenvalue weighted by Gasteiger charge is 2.17. The van der Waals surface area contributed by atoms with Gasteiger partial charge in [-0.15, -0.1) is 10.2 Å². The van der Waals surface area contributed by atoms with Gasteiger partial charge in [-0.2, -0.15) is 0 Å². The van der Waals surface area contributed by atoms with Gasteiger partial charge in [-0.05, 0) is 42.5 Å². The van der Waals surface area contributed by atoms with Crippen LogP contribution in [0.4, 0.5) is 33.3 Å². The molecule has 0 radical (unpaired) electrons. The first-order valence-corrected chi connectivity index (χ1v) is 7.45. The Hall–Kier alpha value is -3.09. The van der Waals surface area contributed by atoms with E-state index in [1.54, 1.807) is 12.1 Å². The number of nitrogens with two attached hydrogens (primary N) is 1. The Morgan fingerprint density at radius 1 is 0.917 bits per heavy atom. The maximum atomic E-state index is 13.1. The van der Waals surface area contributed by atoms with E-state index in [1.807, 2.05) is 59.8 Å². The van der Waals surface area contributed by atoms with Crippen molar-refractivity contribution in [2.45, 2.75) is 0 Å². The number of benzene rings is 2. The standard InChI is InChI=1S/C17H19FN6/c1-22(14-9-7-12(18)8-10-14)16-20-21-17(24(16)3)23(2)15-6-4-5-13(19)11-15/h4-11H,19H2,1-3H3. The van der Waals surface area contributed by atoms with E-state index >= 15 is 0 Å². The molecule has 3 aromatic rings. The van der Waals surface area contributed by atoms with Gasteiger partial charge in [0.25, 0.3) is 0 Å². The van der Waals surface area contributed by atoms with Crippen molar-refractivity contribution in [2.24, 2.45) is 7.05 Å². The lowest BCUT2D eigenvalue weighted by Gasteiger charge is -2.21. The van der Waals surface area contributed by atoms with Crippen molar-refractivity contribution < 1.29 is 4.39 Å². The summed E-state index contributed by atoms with van der Waals surface area (Å²) in [4.78, 5) is 3.76. The molecule has 0 aliphatic heterocycles. The monoisotopic (exact) mass is 326 g/mol. The molecule has 1 heterocycles. The third-order valence-corrected chi connectivity index (χ3v) is 3.90. The average Bonchev–Trinajstić information content (AvgIpc) is 2.96. The second kappa shape index (κ2) is 6.19. The predicted octanol–water partition coefficient (Wildman–Crippen LogP) is 3.07. The van der Waals surface area contributed by atoms with Crippen molar-refractivity contribution in [3.05, 3.63) is 54.3 Å². The number of rotatable bonds is 4. The Kier molecular flexibility index (Phi) is 4.07. The largest absolute Gasteiger partial charge is 0.399 e. The third-order valence-electron chi connectivity index (χ3n) is 3.90. The summed E-state index contributed by atoms with van der Waals surface area (Å²) in [6, 6.07) is 13.8. The van der Waals surface area contributed by atoms with Gasteiger partial charge in [0.05, 0.1) is 0 Å². The Balaban J connectivity index is 1.92. The number of hydrogen-bond donors (Lipinski definition) is 1. The van der Waals surface area contributed by atoms with Crippen LogP contribution in [0.25, 0.3) is 0 Å². The molecule has 0 unspecified atom stereocenters. The molecule has 0 saturated heterocycles. The minimum Gasteiger partial charge on any atom is -0.399 e. The summed E-state index contributed by atoms with van der Waals surface area (Å²) in [7, 11) is 5.65. The van der Waals surface area contributed by atoms with Gasteiger partial charge in [-0.25, -0.2) is 4.39 Å². The number of aromatic nitrogens is 3. The van der Waals surface area contributed by atoms with Crippen LogP contribution in [0.5, 0.6) is 0 Å². The molecule has 0 spiro atoms. The van der Waals surface area contributed by atoms with E-state index < -0.39 is 0 Å². The van der Waals surface area contributed by atoms with Gasteiger partial charge >= 0.3 is 0 Å². The number of halogens is 1. The summed E-state index contributed by atoms with van der Waals surface area (Å²) in [6.45, 7) is 0. The van der Waals surface area contributed by atoms with Crippen LogP contribution >= 0.6 is 0 Å². The summed E-state index contributed by atoms with van der Waals surface area (Å²) >= 11 is 0. The lowest BCUT2D eigenvalue weighted by molar-refractivity contribution is 0.628. The first-order chi connectivity index (χ1) is 11.5. The van der Waals surface area contributed by atoms with Gasteiger partial charge in [-0.1, -0.05) is 6.07 Å². The van der Waals surface area contributed by atoms with Crippen molar-refractivity contribution in [3.8, 4) is 0 Å². The van der Waals surface area contributed by atoms with Gasteiger partial charge < -0.3 is 15.5 Å². The van der Waals surface area contributed by atoms with Crippen LogP contribution < -0.4 is 15.5 Å². The van der Waals surface area contributed by atoms with Crippen molar-refractivity contribution in [1.29, 1.82) is 0 Å². The lowest BCUT2D eigenvalue weighted by Crippen LogP contribution is -2.18. The topological polar surface area (TPSA) is 63.2 Å². The van der Waals surface area contributed by atoms with Crippen molar-refractivity contribution in [3.63, 3.8) is 0 Å². The maximum Gasteiger partial charge on any atom is 0.232 e. The molecule has 24 heavy (non-hydrogen) atoms. The minimum atomic E-state index is -0.271. The highest BCUT2D eigenvalue weighted by molar-refractivity contribution is 5.64. The van der Waals surface area contributed by atoms with Crippen LogP contribution in [-0.2, 0) is 7.05 Å². The molecule has 0 fully saturated rings. The van der Waals surface area contributed by atoms with Gasteiger partial charge in [0.2, 0.25) is 11.9 Å². The van der Waals surface area contributed by atoms with Crippen LogP contribution in [0.15, 0.2) is 48.5 Å². The smallest absolute Gasteiger partial charge is 0.232 e. The van der Waals surface area contributed by atoms with E-state index in [9.17, 15) is 4.39 Å². The summed E-state index contributed by atoms with van der Waals surface area (Å²) in [5.41, 5.74) is 8.27. The maximum absolute atomic E-state index is 13.1. The first kappa shape index (κ1) is 15.8. The first-order valence-electron chi connectivity index (χ1n) is 7.45. The molecule has 3 rings (SSSR count). The Morgan fingerprint density at radius 3 is 2.08 bits per heavy atom.